The maximum Gasteiger partial charge on any atom is 0.160 e. The Kier molecular flexibility index (Phi) is 4.34. The SMILES string of the molecule is C=C(CN(C)C)C(=O)CC(C)(C)C. The number of rotatable bonds is 4. The third kappa shape index (κ3) is 6.52. The Hall–Kier alpha value is -0.630. The Morgan fingerprint density at radius 2 is 1.77 bits per heavy atom. The number of carbonyl (C=O) groups is 1. The van der Waals surface area contributed by atoms with E-state index in [0.717, 1.165) is 0 Å². The van der Waals surface area contributed by atoms with E-state index in [9.17, 15) is 4.79 Å². The summed E-state index contributed by atoms with van der Waals surface area (Å²) in [6.45, 7) is 10.6. The largest absolute Gasteiger partial charge is 0.305 e. The van der Waals surface area contributed by atoms with Gasteiger partial charge in [-0.1, -0.05) is 27.4 Å². The summed E-state index contributed by atoms with van der Waals surface area (Å²) in [5.41, 5.74) is 0.770. The van der Waals surface area contributed by atoms with E-state index in [1.54, 1.807) is 0 Å². The van der Waals surface area contributed by atoms with Crippen molar-refractivity contribution in [1.29, 1.82) is 0 Å². The molecule has 76 valence electrons. The van der Waals surface area contributed by atoms with Crippen LogP contribution in [-0.2, 0) is 4.79 Å². The first-order valence-corrected chi connectivity index (χ1v) is 4.58. The summed E-state index contributed by atoms with van der Waals surface area (Å²) in [7, 11) is 3.88. The highest BCUT2D eigenvalue weighted by Crippen LogP contribution is 2.20. The van der Waals surface area contributed by atoms with Gasteiger partial charge in [0, 0.05) is 18.5 Å². The van der Waals surface area contributed by atoms with E-state index in [1.807, 2.05) is 19.0 Å². The van der Waals surface area contributed by atoms with Gasteiger partial charge in [0.15, 0.2) is 5.78 Å². The molecule has 2 heteroatoms. The molecule has 0 heterocycles. The summed E-state index contributed by atoms with van der Waals surface area (Å²) in [5.74, 6) is 0.182. The van der Waals surface area contributed by atoms with Crippen molar-refractivity contribution in [2.45, 2.75) is 27.2 Å². The molecule has 0 aromatic heterocycles. The molecule has 0 saturated carbocycles. The van der Waals surface area contributed by atoms with Gasteiger partial charge in [-0.3, -0.25) is 4.79 Å². The van der Waals surface area contributed by atoms with Gasteiger partial charge in [-0.25, -0.2) is 0 Å². The third-order valence-corrected chi connectivity index (χ3v) is 1.59. The van der Waals surface area contributed by atoms with Crippen LogP contribution in [0.3, 0.4) is 0 Å². The summed E-state index contributed by atoms with van der Waals surface area (Å²) in [6.07, 6.45) is 0.583. The topological polar surface area (TPSA) is 20.3 Å². The molecular weight excluding hydrogens is 162 g/mol. The Balaban J connectivity index is 4.06. The zero-order valence-corrected chi connectivity index (χ0v) is 9.48. The Morgan fingerprint density at radius 3 is 2.08 bits per heavy atom. The number of hydrogen-bond acceptors (Lipinski definition) is 2. The first-order valence-electron chi connectivity index (χ1n) is 4.58. The van der Waals surface area contributed by atoms with E-state index in [2.05, 4.69) is 27.4 Å². The molecule has 0 aliphatic carbocycles. The standard InChI is InChI=1S/C11H21NO/c1-9(8-12(5)6)10(13)7-11(2,3)4/h1,7-8H2,2-6H3. The molecular formula is C11H21NO. The molecule has 0 bridgehead atoms. The highest BCUT2D eigenvalue weighted by Gasteiger charge is 2.17. The van der Waals surface area contributed by atoms with Crippen molar-refractivity contribution in [2.75, 3.05) is 20.6 Å². The first kappa shape index (κ1) is 12.4. The van der Waals surface area contributed by atoms with E-state index in [0.29, 0.717) is 18.5 Å². The van der Waals surface area contributed by atoms with Crippen LogP contribution in [0.4, 0.5) is 0 Å². The maximum absolute atomic E-state index is 11.6. The Labute approximate surface area is 81.6 Å². The normalized spacial score (nSPS) is 11.8. The summed E-state index contributed by atoms with van der Waals surface area (Å²) >= 11 is 0. The smallest absolute Gasteiger partial charge is 0.160 e. The molecule has 0 aromatic rings. The predicted molar refractivity (Wildman–Crippen MR) is 56.8 cm³/mol. The second-order valence-electron chi connectivity index (χ2n) is 5.00. The number of likely N-dealkylation sites (N-methyl/N-ethyl adjacent to an activating group) is 1. The molecule has 0 fully saturated rings. The lowest BCUT2D eigenvalue weighted by atomic mass is 9.88. The number of Topliss-reactive ketones (excluding diaryl/α,β-unsaturated/α-hetero) is 1. The molecule has 0 spiro atoms. The predicted octanol–water partition coefficient (Wildman–Crippen LogP) is 2.11. The number of hydrogen-bond donors (Lipinski definition) is 0. The highest BCUT2D eigenvalue weighted by molar-refractivity contribution is 5.95. The van der Waals surface area contributed by atoms with E-state index >= 15 is 0 Å². The van der Waals surface area contributed by atoms with Gasteiger partial charge in [-0.05, 0) is 19.5 Å². The molecule has 0 aliphatic heterocycles. The molecule has 0 unspecified atom stereocenters. The zero-order valence-electron chi connectivity index (χ0n) is 9.48. The Bertz CT molecular complexity index is 199. The van der Waals surface area contributed by atoms with Crippen LogP contribution in [0.25, 0.3) is 0 Å². The average Bonchev–Trinajstić information content (AvgIpc) is 1.81. The molecule has 0 amide bonds. The lowest BCUT2D eigenvalue weighted by molar-refractivity contribution is -0.117. The van der Waals surface area contributed by atoms with E-state index in [-0.39, 0.29) is 11.2 Å². The van der Waals surface area contributed by atoms with Crippen LogP contribution in [0.15, 0.2) is 12.2 Å². The maximum atomic E-state index is 11.6. The van der Waals surface area contributed by atoms with Gasteiger partial charge in [0.1, 0.15) is 0 Å². The molecule has 2 nitrogen and oxygen atoms in total. The Morgan fingerprint density at radius 1 is 1.31 bits per heavy atom. The van der Waals surface area contributed by atoms with Crippen molar-refractivity contribution in [3.63, 3.8) is 0 Å². The molecule has 0 aliphatic rings. The van der Waals surface area contributed by atoms with Crippen LogP contribution in [-0.4, -0.2) is 31.3 Å². The molecule has 0 aromatic carbocycles. The van der Waals surface area contributed by atoms with Gasteiger partial charge in [-0.15, -0.1) is 0 Å². The quantitative estimate of drug-likeness (QED) is 0.622. The number of carbonyl (C=O) groups excluding carboxylic acids is 1. The molecule has 13 heavy (non-hydrogen) atoms. The lowest BCUT2D eigenvalue weighted by Gasteiger charge is -2.18. The van der Waals surface area contributed by atoms with Crippen molar-refractivity contribution < 1.29 is 4.79 Å². The minimum absolute atomic E-state index is 0.0618. The highest BCUT2D eigenvalue weighted by atomic mass is 16.1. The molecule has 0 N–H and O–H groups in total. The van der Waals surface area contributed by atoms with Crippen molar-refractivity contribution in [1.82, 2.24) is 4.90 Å². The summed E-state index contributed by atoms with van der Waals surface area (Å²) < 4.78 is 0. The van der Waals surface area contributed by atoms with Crippen LogP contribution >= 0.6 is 0 Å². The molecule has 0 atom stereocenters. The van der Waals surface area contributed by atoms with Gasteiger partial charge >= 0.3 is 0 Å². The van der Waals surface area contributed by atoms with Crippen LogP contribution < -0.4 is 0 Å². The van der Waals surface area contributed by atoms with E-state index in [1.165, 1.54) is 0 Å². The summed E-state index contributed by atoms with van der Waals surface area (Å²) in [5, 5.41) is 0. The average molecular weight is 183 g/mol. The lowest BCUT2D eigenvalue weighted by Crippen LogP contribution is -2.22. The zero-order chi connectivity index (χ0) is 10.6. The van der Waals surface area contributed by atoms with Gasteiger partial charge in [0.2, 0.25) is 0 Å². The monoisotopic (exact) mass is 183 g/mol. The van der Waals surface area contributed by atoms with Crippen LogP contribution in [0, 0.1) is 5.41 Å². The van der Waals surface area contributed by atoms with Crippen molar-refractivity contribution in [3.05, 3.63) is 12.2 Å². The first-order chi connectivity index (χ1) is 5.72. The molecule has 0 rings (SSSR count). The van der Waals surface area contributed by atoms with Crippen molar-refractivity contribution in [2.24, 2.45) is 5.41 Å². The third-order valence-electron chi connectivity index (χ3n) is 1.59. The van der Waals surface area contributed by atoms with Gasteiger partial charge in [0.25, 0.3) is 0 Å². The summed E-state index contributed by atoms with van der Waals surface area (Å²) in [4.78, 5) is 13.5. The second kappa shape index (κ2) is 4.56. The summed E-state index contributed by atoms with van der Waals surface area (Å²) in [6, 6.07) is 0. The van der Waals surface area contributed by atoms with E-state index in [4.69, 9.17) is 0 Å². The van der Waals surface area contributed by atoms with Crippen LogP contribution in [0.2, 0.25) is 0 Å². The van der Waals surface area contributed by atoms with E-state index < -0.39 is 0 Å². The van der Waals surface area contributed by atoms with Crippen LogP contribution in [0.5, 0.6) is 0 Å². The second-order valence-corrected chi connectivity index (χ2v) is 5.00. The molecule has 0 radical (unpaired) electrons. The number of nitrogens with zero attached hydrogens (tertiary/aromatic N) is 1. The minimum Gasteiger partial charge on any atom is -0.305 e. The fraction of sp³-hybridized carbons (Fsp3) is 0.727. The minimum atomic E-state index is 0.0618. The number of ketones is 1. The fourth-order valence-electron chi connectivity index (χ4n) is 1.08. The van der Waals surface area contributed by atoms with Gasteiger partial charge in [-0.2, -0.15) is 0 Å². The van der Waals surface area contributed by atoms with Gasteiger partial charge < -0.3 is 4.90 Å². The van der Waals surface area contributed by atoms with Crippen molar-refractivity contribution >= 4 is 5.78 Å². The molecule has 0 saturated heterocycles. The van der Waals surface area contributed by atoms with Crippen LogP contribution in [0.1, 0.15) is 27.2 Å². The fourth-order valence-corrected chi connectivity index (χ4v) is 1.08. The van der Waals surface area contributed by atoms with Gasteiger partial charge in [0.05, 0.1) is 0 Å². The van der Waals surface area contributed by atoms with Crippen molar-refractivity contribution in [3.8, 4) is 0 Å².